The molecule has 2 aromatic heterocycles. The van der Waals surface area contributed by atoms with E-state index in [4.69, 9.17) is 0 Å². The van der Waals surface area contributed by atoms with Gasteiger partial charge in [-0.25, -0.2) is 9.97 Å². The molecule has 24 heavy (non-hydrogen) atoms. The predicted molar refractivity (Wildman–Crippen MR) is 96.3 cm³/mol. The molecule has 1 fully saturated rings. The summed E-state index contributed by atoms with van der Waals surface area (Å²) in [6.45, 7) is 7.07. The van der Waals surface area contributed by atoms with Crippen molar-refractivity contribution in [3.05, 3.63) is 29.3 Å². The smallest absolute Gasteiger partial charge is 0.134 e. The second-order valence-corrected chi connectivity index (χ2v) is 6.40. The number of hydrogen-bond acceptors (Lipinski definition) is 6. The first-order valence-electron chi connectivity index (χ1n) is 8.56. The lowest BCUT2D eigenvalue weighted by atomic mass is 10.1. The Morgan fingerprint density at radius 2 is 2.12 bits per heavy atom. The standard InChI is InChI=1S/C17H27N7/c1-12-15(13(2)23(4)22-12)10-19-9-14-6-5-7-24(14)17-8-16(18-3)20-11-21-17/h8,11,14,19H,5-7,9-10H2,1-4H3,(H,18,20,21)/t14-/m0/s1. The van der Waals surface area contributed by atoms with Crippen molar-refractivity contribution in [1.29, 1.82) is 0 Å². The van der Waals surface area contributed by atoms with E-state index < -0.39 is 0 Å². The van der Waals surface area contributed by atoms with Crippen LogP contribution in [0.2, 0.25) is 0 Å². The Morgan fingerprint density at radius 1 is 1.29 bits per heavy atom. The molecule has 0 saturated carbocycles. The van der Waals surface area contributed by atoms with Crippen molar-refractivity contribution < 1.29 is 0 Å². The zero-order chi connectivity index (χ0) is 17.1. The van der Waals surface area contributed by atoms with Gasteiger partial charge in [-0.05, 0) is 26.7 Å². The number of nitrogens with zero attached hydrogens (tertiary/aromatic N) is 5. The summed E-state index contributed by atoms with van der Waals surface area (Å²) >= 11 is 0. The van der Waals surface area contributed by atoms with Crippen LogP contribution in [0.15, 0.2) is 12.4 Å². The van der Waals surface area contributed by atoms with Gasteiger partial charge in [-0.3, -0.25) is 4.68 Å². The Morgan fingerprint density at radius 3 is 2.83 bits per heavy atom. The highest BCUT2D eigenvalue weighted by molar-refractivity contribution is 5.49. The van der Waals surface area contributed by atoms with E-state index in [9.17, 15) is 0 Å². The van der Waals surface area contributed by atoms with E-state index in [2.05, 4.69) is 44.4 Å². The Labute approximate surface area is 143 Å². The van der Waals surface area contributed by atoms with Crippen LogP contribution < -0.4 is 15.5 Å². The molecule has 1 aliphatic rings. The van der Waals surface area contributed by atoms with Crippen LogP contribution in [0.5, 0.6) is 0 Å². The normalized spacial score (nSPS) is 17.5. The van der Waals surface area contributed by atoms with Crippen molar-refractivity contribution in [2.24, 2.45) is 7.05 Å². The Kier molecular flexibility index (Phi) is 4.99. The van der Waals surface area contributed by atoms with Crippen molar-refractivity contribution in [3.8, 4) is 0 Å². The van der Waals surface area contributed by atoms with E-state index in [1.165, 1.54) is 24.1 Å². The lowest BCUT2D eigenvalue weighted by molar-refractivity contribution is 0.569. The Hall–Kier alpha value is -2.15. The van der Waals surface area contributed by atoms with Gasteiger partial charge in [0.05, 0.1) is 5.69 Å². The van der Waals surface area contributed by atoms with E-state index in [1.54, 1.807) is 6.33 Å². The van der Waals surface area contributed by atoms with Crippen molar-refractivity contribution in [2.45, 2.75) is 39.3 Å². The van der Waals surface area contributed by atoms with Crippen molar-refractivity contribution in [3.63, 3.8) is 0 Å². The fourth-order valence-electron chi connectivity index (χ4n) is 3.43. The lowest BCUT2D eigenvalue weighted by Crippen LogP contribution is -2.38. The molecular weight excluding hydrogens is 302 g/mol. The minimum atomic E-state index is 0.474. The number of aryl methyl sites for hydroxylation is 2. The number of anilines is 2. The van der Waals surface area contributed by atoms with Gasteiger partial charge < -0.3 is 15.5 Å². The van der Waals surface area contributed by atoms with Crippen LogP contribution in [0.3, 0.4) is 0 Å². The molecule has 2 aromatic rings. The quantitative estimate of drug-likeness (QED) is 0.839. The third-order valence-corrected chi connectivity index (χ3v) is 4.92. The molecule has 1 aliphatic heterocycles. The van der Waals surface area contributed by atoms with Crippen LogP contribution in [0.25, 0.3) is 0 Å². The van der Waals surface area contributed by atoms with Gasteiger partial charge in [0.2, 0.25) is 0 Å². The third kappa shape index (κ3) is 3.36. The highest BCUT2D eigenvalue weighted by Crippen LogP contribution is 2.24. The first-order chi connectivity index (χ1) is 11.6. The first kappa shape index (κ1) is 16.7. The number of hydrogen-bond donors (Lipinski definition) is 2. The molecule has 0 bridgehead atoms. The monoisotopic (exact) mass is 329 g/mol. The van der Waals surface area contributed by atoms with Crippen LogP contribution in [0.4, 0.5) is 11.6 Å². The maximum atomic E-state index is 4.49. The average Bonchev–Trinajstić information content (AvgIpc) is 3.15. The van der Waals surface area contributed by atoms with Gasteiger partial charge in [0, 0.05) is 57.1 Å². The molecule has 3 rings (SSSR count). The molecule has 0 unspecified atom stereocenters. The van der Waals surface area contributed by atoms with Gasteiger partial charge >= 0.3 is 0 Å². The van der Waals surface area contributed by atoms with Crippen molar-refractivity contribution >= 4 is 11.6 Å². The van der Waals surface area contributed by atoms with Crippen LogP contribution in [0, 0.1) is 13.8 Å². The van der Waals surface area contributed by atoms with Crippen molar-refractivity contribution in [1.82, 2.24) is 25.1 Å². The average molecular weight is 329 g/mol. The second kappa shape index (κ2) is 7.17. The summed E-state index contributed by atoms with van der Waals surface area (Å²) in [5.41, 5.74) is 3.65. The van der Waals surface area contributed by atoms with Gasteiger partial charge in [-0.15, -0.1) is 0 Å². The summed E-state index contributed by atoms with van der Waals surface area (Å²) < 4.78 is 1.95. The van der Waals surface area contributed by atoms with Gasteiger partial charge in [0.15, 0.2) is 0 Å². The highest BCUT2D eigenvalue weighted by atomic mass is 15.3. The topological polar surface area (TPSA) is 70.9 Å². The molecule has 0 amide bonds. The first-order valence-corrected chi connectivity index (χ1v) is 8.56. The summed E-state index contributed by atoms with van der Waals surface area (Å²) in [5, 5.41) is 11.2. The molecule has 130 valence electrons. The molecule has 1 saturated heterocycles. The Balaban J connectivity index is 1.62. The fraction of sp³-hybridized carbons (Fsp3) is 0.588. The molecule has 0 radical (unpaired) electrons. The number of aromatic nitrogens is 4. The van der Waals surface area contributed by atoms with E-state index in [0.717, 1.165) is 37.0 Å². The lowest BCUT2D eigenvalue weighted by Gasteiger charge is -2.26. The van der Waals surface area contributed by atoms with Crippen LogP contribution in [0.1, 0.15) is 29.8 Å². The summed E-state index contributed by atoms with van der Waals surface area (Å²) in [4.78, 5) is 11.0. The van der Waals surface area contributed by atoms with Crippen LogP contribution >= 0.6 is 0 Å². The van der Waals surface area contributed by atoms with E-state index in [0.29, 0.717) is 6.04 Å². The summed E-state index contributed by atoms with van der Waals surface area (Å²) in [6.07, 6.45) is 4.03. The minimum absolute atomic E-state index is 0.474. The summed E-state index contributed by atoms with van der Waals surface area (Å²) in [7, 11) is 3.88. The number of nitrogens with one attached hydrogen (secondary N) is 2. The number of rotatable bonds is 6. The minimum Gasteiger partial charge on any atom is -0.373 e. The fourth-order valence-corrected chi connectivity index (χ4v) is 3.43. The zero-order valence-electron chi connectivity index (χ0n) is 15.0. The molecule has 0 aromatic carbocycles. The van der Waals surface area contributed by atoms with E-state index in [-0.39, 0.29) is 0 Å². The molecule has 1 atom stereocenters. The molecule has 0 spiro atoms. The molecule has 7 nitrogen and oxygen atoms in total. The van der Waals surface area contributed by atoms with Crippen LogP contribution in [-0.2, 0) is 13.6 Å². The molecule has 0 aliphatic carbocycles. The van der Waals surface area contributed by atoms with Gasteiger partial charge in [-0.2, -0.15) is 5.10 Å². The molecular formula is C17H27N7. The largest absolute Gasteiger partial charge is 0.373 e. The van der Waals surface area contributed by atoms with E-state index >= 15 is 0 Å². The SMILES string of the molecule is CNc1cc(N2CCC[C@H]2CNCc2c(C)nn(C)c2C)ncn1. The van der Waals surface area contributed by atoms with Crippen molar-refractivity contribution in [2.75, 3.05) is 30.4 Å². The van der Waals surface area contributed by atoms with Gasteiger partial charge in [-0.1, -0.05) is 0 Å². The summed E-state index contributed by atoms with van der Waals surface area (Å²) in [5.74, 6) is 1.87. The van der Waals surface area contributed by atoms with Gasteiger partial charge in [0.1, 0.15) is 18.0 Å². The highest BCUT2D eigenvalue weighted by Gasteiger charge is 2.25. The molecule has 3 heterocycles. The van der Waals surface area contributed by atoms with Crippen LogP contribution in [-0.4, -0.2) is 45.9 Å². The van der Waals surface area contributed by atoms with E-state index in [1.807, 2.05) is 24.8 Å². The Bertz CT molecular complexity index is 694. The maximum absolute atomic E-state index is 4.49. The predicted octanol–water partition coefficient (Wildman–Crippen LogP) is 1.63. The second-order valence-electron chi connectivity index (χ2n) is 6.40. The summed E-state index contributed by atoms with van der Waals surface area (Å²) in [6, 6.07) is 2.50. The third-order valence-electron chi connectivity index (χ3n) is 4.92. The molecule has 7 heteroatoms. The van der Waals surface area contributed by atoms with Gasteiger partial charge in [0.25, 0.3) is 0 Å². The molecule has 2 N–H and O–H groups in total. The zero-order valence-corrected chi connectivity index (χ0v) is 15.0. The maximum Gasteiger partial charge on any atom is 0.134 e.